The predicted octanol–water partition coefficient (Wildman–Crippen LogP) is 1.33. The molecule has 0 saturated heterocycles. The van der Waals surface area contributed by atoms with Gasteiger partial charge in [-0.3, -0.25) is 9.78 Å². The summed E-state index contributed by atoms with van der Waals surface area (Å²) in [6, 6.07) is 1.68. The number of amides is 1. The highest BCUT2D eigenvalue weighted by atomic mass is 35.5. The number of nitrogens with one attached hydrogen (secondary N) is 1. The monoisotopic (exact) mass is 241 g/mol. The van der Waals surface area contributed by atoms with E-state index in [1.165, 1.54) is 6.20 Å². The number of aryl methyl sites for hydroxylation is 1. The van der Waals surface area contributed by atoms with Crippen LogP contribution in [-0.4, -0.2) is 43.0 Å². The molecule has 0 fully saturated rings. The topological polar surface area (TPSA) is 45.2 Å². The van der Waals surface area contributed by atoms with Crippen LogP contribution in [0.1, 0.15) is 16.1 Å². The minimum atomic E-state index is -0.181. The lowest BCUT2D eigenvalue weighted by Crippen LogP contribution is -2.31. The van der Waals surface area contributed by atoms with Crippen molar-refractivity contribution in [1.29, 1.82) is 0 Å². The second kappa shape index (κ2) is 5.82. The van der Waals surface area contributed by atoms with Crippen LogP contribution in [0, 0.1) is 6.92 Å². The number of likely N-dealkylation sites (N-methyl/N-ethyl adjacent to an activating group) is 1. The fraction of sp³-hybridized carbons (Fsp3) is 0.455. The molecule has 0 spiro atoms. The summed E-state index contributed by atoms with van der Waals surface area (Å²) in [4.78, 5) is 17.7. The lowest BCUT2D eigenvalue weighted by atomic mass is 10.2. The van der Waals surface area contributed by atoms with Gasteiger partial charge in [-0.2, -0.15) is 0 Å². The smallest absolute Gasteiger partial charge is 0.254 e. The van der Waals surface area contributed by atoms with Gasteiger partial charge in [0, 0.05) is 25.0 Å². The molecule has 0 aliphatic heterocycles. The number of nitrogens with zero attached hydrogens (tertiary/aromatic N) is 2. The molecule has 16 heavy (non-hydrogen) atoms. The van der Waals surface area contributed by atoms with Crippen LogP contribution in [0.5, 0.6) is 0 Å². The van der Waals surface area contributed by atoms with Crippen LogP contribution in [0.15, 0.2) is 12.3 Å². The Kier molecular flexibility index (Phi) is 4.71. The van der Waals surface area contributed by atoms with Crippen LogP contribution >= 0.6 is 11.6 Å². The first-order valence-electron chi connectivity index (χ1n) is 5.06. The van der Waals surface area contributed by atoms with Crippen LogP contribution in [-0.2, 0) is 0 Å². The molecule has 1 N–H and O–H groups in total. The predicted molar refractivity (Wildman–Crippen MR) is 64.9 cm³/mol. The van der Waals surface area contributed by atoms with E-state index >= 15 is 0 Å². The highest BCUT2D eigenvalue weighted by Crippen LogP contribution is 2.15. The maximum Gasteiger partial charge on any atom is 0.254 e. The zero-order valence-corrected chi connectivity index (χ0v) is 10.5. The maximum absolute atomic E-state index is 11.7. The van der Waals surface area contributed by atoms with E-state index in [9.17, 15) is 4.79 Å². The molecule has 5 heteroatoms. The largest absolute Gasteiger partial charge is 0.351 e. The van der Waals surface area contributed by atoms with Crippen LogP contribution in [0.2, 0.25) is 5.02 Å². The summed E-state index contributed by atoms with van der Waals surface area (Å²) < 4.78 is 0. The highest BCUT2D eigenvalue weighted by molar-refractivity contribution is 6.33. The Morgan fingerprint density at radius 3 is 2.81 bits per heavy atom. The molecule has 0 atom stereocenters. The first-order valence-corrected chi connectivity index (χ1v) is 5.43. The van der Waals surface area contributed by atoms with Gasteiger partial charge in [-0.25, -0.2) is 0 Å². The van der Waals surface area contributed by atoms with Crippen molar-refractivity contribution >= 4 is 17.5 Å². The number of aromatic nitrogens is 1. The fourth-order valence-corrected chi connectivity index (χ4v) is 1.47. The number of carbonyl (C=O) groups excluding carboxylic acids is 1. The number of hydrogen-bond donors (Lipinski definition) is 1. The van der Waals surface area contributed by atoms with Gasteiger partial charge in [0.15, 0.2) is 0 Å². The van der Waals surface area contributed by atoms with Gasteiger partial charge in [0.05, 0.1) is 10.6 Å². The van der Waals surface area contributed by atoms with E-state index in [4.69, 9.17) is 11.6 Å². The number of carbonyl (C=O) groups is 1. The molecule has 0 radical (unpaired) electrons. The lowest BCUT2D eigenvalue weighted by molar-refractivity contribution is 0.0951. The van der Waals surface area contributed by atoms with Gasteiger partial charge < -0.3 is 10.2 Å². The lowest BCUT2D eigenvalue weighted by Gasteiger charge is -2.10. The molecule has 1 amide bonds. The summed E-state index contributed by atoms with van der Waals surface area (Å²) in [7, 11) is 3.90. The third kappa shape index (κ3) is 3.79. The van der Waals surface area contributed by atoms with Crippen LogP contribution < -0.4 is 5.32 Å². The standard InChI is InChI=1S/C11H16ClN3O/c1-8-6-10(12)9(7-14-8)11(16)13-4-5-15(2)3/h6-7H,4-5H2,1-3H3,(H,13,16). The first-order chi connectivity index (χ1) is 7.50. The van der Waals surface area contributed by atoms with E-state index in [2.05, 4.69) is 10.3 Å². The Balaban J connectivity index is 2.59. The summed E-state index contributed by atoms with van der Waals surface area (Å²) >= 11 is 5.95. The van der Waals surface area contributed by atoms with Crippen molar-refractivity contribution in [2.24, 2.45) is 0 Å². The van der Waals surface area contributed by atoms with E-state index in [1.807, 2.05) is 25.9 Å². The van der Waals surface area contributed by atoms with Gasteiger partial charge in [0.1, 0.15) is 0 Å². The van der Waals surface area contributed by atoms with Crippen molar-refractivity contribution in [3.8, 4) is 0 Å². The molecule has 0 aliphatic carbocycles. The summed E-state index contributed by atoms with van der Waals surface area (Å²) in [5, 5.41) is 3.23. The van der Waals surface area contributed by atoms with Crippen molar-refractivity contribution in [2.45, 2.75) is 6.92 Å². The molecule has 1 rings (SSSR count). The molecule has 0 aromatic carbocycles. The third-order valence-corrected chi connectivity index (χ3v) is 2.39. The second-order valence-corrected chi connectivity index (χ2v) is 4.27. The van der Waals surface area contributed by atoms with Gasteiger partial charge in [-0.05, 0) is 27.1 Å². The van der Waals surface area contributed by atoms with Gasteiger partial charge >= 0.3 is 0 Å². The number of hydrogen-bond acceptors (Lipinski definition) is 3. The van der Waals surface area contributed by atoms with Crippen LogP contribution in [0.4, 0.5) is 0 Å². The minimum Gasteiger partial charge on any atom is -0.351 e. The van der Waals surface area contributed by atoms with Gasteiger partial charge in [0.25, 0.3) is 5.91 Å². The highest BCUT2D eigenvalue weighted by Gasteiger charge is 2.10. The fourth-order valence-electron chi connectivity index (χ4n) is 1.18. The Labute approximate surface area is 101 Å². The number of halogens is 1. The molecule has 88 valence electrons. The van der Waals surface area contributed by atoms with E-state index in [0.29, 0.717) is 17.1 Å². The number of pyridine rings is 1. The average molecular weight is 242 g/mol. The zero-order valence-electron chi connectivity index (χ0n) is 9.75. The molecule has 0 aliphatic rings. The quantitative estimate of drug-likeness (QED) is 0.865. The summed E-state index contributed by atoms with van der Waals surface area (Å²) in [6.07, 6.45) is 1.50. The molecular weight excluding hydrogens is 226 g/mol. The third-order valence-electron chi connectivity index (χ3n) is 2.08. The normalized spacial score (nSPS) is 10.6. The molecule has 0 bridgehead atoms. The SMILES string of the molecule is Cc1cc(Cl)c(C(=O)NCCN(C)C)cn1. The Bertz CT molecular complexity index is 379. The molecule has 4 nitrogen and oxygen atoms in total. The summed E-state index contributed by atoms with van der Waals surface area (Å²) in [5.74, 6) is -0.181. The molecule has 0 unspecified atom stereocenters. The van der Waals surface area contributed by atoms with Crippen molar-refractivity contribution in [2.75, 3.05) is 27.2 Å². The van der Waals surface area contributed by atoms with Gasteiger partial charge in [0.2, 0.25) is 0 Å². The Morgan fingerprint density at radius 2 is 2.25 bits per heavy atom. The second-order valence-electron chi connectivity index (χ2n) is 3.86. The minimum absolute atomic E-state index is 0.181. The van der Waals surface area contributed by atoms with Crippen molar-refractivity contribution < 1.29 is 4.79 Å². The van der Waals surface area contributed by atoms with Crippen molar-refractivity contribution in [3.63, 3.8) is 0 Å². The van der Waals surface area contributed by atoms with E-state index in [0.717, 1.165) is 12.2 Å². The van der Waals surface area contributed by atoms with Gasteiger partial charge in [-0.1, -0.05) is 11.6 Å². The Morgan fingerprint density at radius 1 is 1.56 bits per heavy atom. The van der Waals surface area contributed by atoms with E-state index < -0.39 is 0 Å². The number of rotatable bonds is 4. The molecule has 0 saturated carbocycles. The summed E-state index contributed by atoms with van der Waals surface area (Å²) in [6.45, 7) is 3.22. The molecule has 1 heterocycles. The van der Waals surface area contributed by atoms with Crippen LogP contribution in [0.25, 0.3) is 0 Å². The zero-order chi connectivity index (χ0) is 12.1. The molecular formula is C11H16ClN3O. The van der Waals surface area contributed by atoms with Crippen LogP contribution in [0.3, 0.4) is 0 Å². The van der Waals surface area contributed by atoms with Gasteiger partial charge in [-0.15, -0.1) is 0 Å². The van der Waals surface area contributed by atoms with E-state index in [1.54, 1.807) is 6.07 Å². The molecule has 1 aromatic rings. The first kappa shape index (κ1) is 12.9. The maximum atomic E-state index is 11.7. The Hall–Kier alpha value is -1.13. The molecule has 1 aromatic heterocycles. The summed E-state index contributed by atoms with van der Waals surface area (Å²) in [5.41, 5.74) is 1.22. The van der Waals surface area contributed by atoms with Crippen molar-refractivity contribution in [3.05, 3.63) is 28.5 Å². The average Bonchev–Trinajstić information content (AvgIpc) is 2.16. The van der Waals surface area contributed by atoms with Crippen molar-refractivity contribution in [1.82, 2.24) is 15.2 Å². The van der Waals surface area contributed by atoms with E-state index in [-0.39, 0.29) is 5.91 Å².